The first-order valence-corrected chi connectivity index (χ1v) is 24.1. The fourth-order valence-electron chi connectivity index (χ4n) is 11.4. The van der Waals surface area contributed by atoms with Crippen molar-refractivity contribution in [2.24, 2.45) is 0 Å². The number of fused-ring (bicyclic) bond motifs is 13. The van der Waals surface area contributed by atoms with Crippen LogP contribution in [0.5, 0.6) is 0 Å². The molecule has 0 unspecified atom stereocenters. The van der Waals surface area contributed by atoms with Crippen molar-refractivity contribution in [1.29, 1.82) is 0 Å². The summed E-state index contributed by atoms with van der Waals surface area (Å²) in [4.78, 5) is 11.0. The van der Waals surface area contributed by atoms with Crippen molar-refractivity contribution >= 4 is 31.5 Å². The lowest BCUT2D eigenvalue weighted by molar-refractivity contribution is 0.794. The minimum Gasteiger partial charge on any atom is -0.228 e. The van der Waals surface area contributed by atoms with Gasteiger partial charge in [-0.1, -0.05) is 212 Å². The van der Waals surface area contributed by atoms with Gasteiger partial charge in [0.2, 0.25) is 0 Å². The highest BCUT2D eigenvalue weighted by Gasteiger charge is 2.52. The lowest BCUT2D eigenvalue weighted by atomic mass is 9.70. The second-order valence-corrected chi connectivity index (χ2v) is 19.0. The van der Waals surface area contributed by atoms with Gasteiger partial charge < -0.3 is 0 Å². The summed E-state index contributed by atoms with van der Waals surface area (Å²) in [5.41, 5.74) is 21.7. The SMILES string of the molecule is c1ccc(-c2ccc(-c3cc(-c4cc(-c5cccc6c5-c5ccccc5C65c6ccccc6-c6ccccc65)nc(-c5ccccc5)n4)cc(-c4cccc5c4sc4ccccc45)c3)cc2)cc1. The van der Waals surface area contributed by atoms with E-state index >= 15 is 0 Å². The van der Waals surface area contributed by atoms with Crippen LogP contribution in [-0.2, 0) is 5.41 Å². The molecule has 3 heteroatoms. The number of benzene rings is 10. The summed E-state index contributed by atoms with van der Waals surface area (Å²) in [5, 5.41) is 2.57. The summed E-state index contributed by atoms with van der Waals surface area (Å²) in [7, 11) is 0. The molecule has 10 aromatic carbocycles. The highest BCUT2D eigenvalue weighted by atomic mass is 32.1. The molecule has 0 fully saturated rings. The molecule has 0 amide bonds. The van der Waals surface area contributed by atoms with E-state index in [1.165, 1.54) is 81.4 Å². The van der Waals surface area contributed by atoms with Crippen molar-refractivity contribution in [1.82, 2.24) is 9.97 Å². The average Bonchev–Trinajstić information content (AvgIpc) is 4.06. The molecule has 12 aromatic rings. The van der Waals surface area contributed by atoms with Crippen LogP contribution in [0.25, 0.3) is 110 Å². The predicted octanol–water partition coefficient (Wildman–Crippen LogP) is 17.2. The molecule has 68 heavy (non-hydrogen) atoms. The second-order valence-electron chi connectivity index (χ2n) is 18.0. The molecule has 1 spiro atoms. The Kier molecular flexibility index (Phi) is 8.71. The first-order chi connectivity index (χ1) is 33.7. The number of thiophene rings is 1. The Labute approximate surface area is 399 Å². The third-order valence-electron chi connectivity index (χ3n) is 14.3. The van der Waals surface area contributed by atoms with Crippen molar-refractivity contribution in [3.8, 4) is 89.5 Å². The number of hydrogen-bond acceptors (Lipinski definition) is 3. The van der Waals surface area contributed by atoms with E-state index in [0.717, 1.165) is 44.8 Å². The van der Waals surface area contributed by atoms with Crippen LogP contribution in [0.2, 0.25) is 0 Å². The standard InChI is InChI=1S/C65H40N2S/c1-3-17-41(18-4-1)42-33-35-43(36-34-42)45-37-46(48-25-15-26-52-51-23-10-14-32-61(51)68-63(48)52)39-47(38-45)59-40-60(67-64(66-59)44-19-5-2-6-20-44)54-27-16-31-58-62(54)53-24-9-13-30-57(53)65(58)55-28-11-7-21-49(55)50-22-8-12-29-56(50)65/h1-40H. The molecule has 0 radical (unpaired) electrons. The highest BCUT2D eigenvalue weighted by molar-refractivity contribution is 7.26. The van der Waals surface area contributed by atoms with Crippen LogP contribution in [-0.4, -0.2) is 9.97 Å². The van der Waals surface area contributed by atoms with Gasteiger partial charge in [0.05, 0.1) is 16.8 Å². The summed E-state index contributed by atoms with van der Waals surface area (Å²) in [6.07, 6.45) is 0. The largest absolute Gasteiger partial charge is 0.228 e. The fourth-order valence-corrected chi connectivity index (χ4v) is 12.6. The topological polar surface area (TPSA) is 25.8 Å². The number of rotatable bonds is 6. The zero-order chi connectivity index (χ0) is 44.8. The molecular formula is C65H40N2S. The van der Waals surface area contributed by atoms with Gasteiger partial charge in [0.25, 0.3) is 0 Å². The highest BCUT2D eigenvalue weighted by Crippen LogP contribution is 2.64. The van der Waals surface area contributed by atoms with Crippen LogP contribution in [0.3, 0.4) is 0 Å². The third-order valence-corrected chi connectivity index (χ3v) is 15.5. The van der Waals surface area contributed by atoms with Gasteiger partial charge in [0.15, 0.2) is 5.82 Å². The molecule has 0 N–H and O–H groups in total. The molecule has 2 aliphatic carbocycles. The molecule has 0 saturated carbocycles. The second kappa shape index (κ2) is 15.3. The molecule has 2 heterocycles. The van der Waals surface area contributed by atoms with E-state index in [-0.39, 0.29) is 0 Å². The van der Waals surface area contributed by atoms with E-state index in [0.29, 0.717) is 5.82 Å². The Morgan fingerprint density at radius 3 is 1.51 bits per heavy atom. The Hall–Kier alpha value is -8.50. The minimum atomic E-state index is -0.458. The fraction of sp³-hybridized carbons (Fsp3) is 0.0154. The molecule has 0 aliphatic heterocycles. The zero-order valence-electron chi connectivity index (χ0n) is 36.9. The number of hydrogen-bond donors (Lipinski definition) is 0. The molecule has 0 bridgehead atoms. The monoisotopic (exact) mass is 880 g/mol. The van der Waals surface area contributed by atoms with E-state index in [9.17, 15) is 0 Å². The van der Waals surface area contributed by atoms with Gasteiger partial charge >= 0.3 is 0 Å². The molecule has 2 nitrogen and oxygen atoms in total. The number of nitrogens with zero attached hydrogens (tertiary/aromatic N) is 2. The Morgan fingerprint density at radius 1 is 0.294 bits per heavy atom. The summed E-state index contributed by atoms with van der Waals surface area (Å²) in [5.74, 6) is 0.694. The van der Waals surface area contributed by atoms with Crippen LogP contribution >= 0.6 is 11.3 Å². The summed E-state index contributed by atoms with van der Waals surface area (Å²) in [6, 6.07) is 88.6. The van der Waals surface area contributed by atoms with E-state index < -0.39 is 5.41 Å². The maximum Gasteiger partial charge on any atom is 0.160 e. The smallest absolute Gasteiger partial charge is 0.160 e. The van der Waals surface area contributed by atoms with Gasteiger partial charge in [-0.25, -0.2) is 9.97 Å². The normalized spacial score (nSPS) is 12.8. The van der Waals surface area contributed by atoms with Crippen LogP contribution in [0.1, 0.15) is 22.3 Å². The van der Waals surface area contributed by atoms with Gasteiger partial charge in [-0.2, -0.15) is 0 Å². The average molecular weight is 881 g/mol. The number of aromatic nitrogens is 2. The van der Waals surface area contributed by atoms with E-state index in [4.69, 9.17) is 9.97 Å². The predicted molar refractivity (Wildman–Crippen MR) is 284 cm³/mol. The summed E-state index contributed by atoms with van der Waals surface area (Å²) < 4.78 is 2.58. The van der Waals surface area contributed by atoms with Crippen molar-refractivity contribution < 1.29 is 0 Å². The van der Waals surface area contributed by atoms with Crippen LogP contribution < -0.4 is 0 Å². The van der Waals surface area contributed by atoms with Crippen molar-refractivity contribution in [3.05, 3.63) is 265 Å². The van der Waals surface area contributed by atoms with Gasteiger partial charge in [-0.05, 0) is 108 Å². The summed E-state index contributed by atoms with van der Waals surface area (Å²) >= 11 is 1.87. The quantitative estimate of drug-likeness (QED) is 0.166. The molecule has 2 aromatic heterocycles. The van der Waals surface area contributed by atoms with Gasteiger partial charge in [0, 0.05) is 36.9 Å². The van der Waals surface area contributed by atoms with E-state index in [1.54, 1.807) is 0 Å². The van der Waals surface area contributed by atoms with Gasteiger partial charge in [0.1, 0.15) is 0 Å². The summed E-state index contributed by atoms with van der Waals surface area (Å²) in [6.45, 7) is 0. The van der Waals surface area contributed by atoms with Crippen molar-refractivity contribution in [2.75, 3.05) is 0 Å². The maximum absolute atomic E-state index is 5.51. The molecule has 14 rings (SSSR count). The molecule has 0 saturated heterocycles. The van der Waals surface area contributed by atoms with Crippen LogP contribution in [0.4, 0.5) is 0 Å². The van der Waals surface area contributed by atoms with Gasteiger partial charge in [-0.15, -0.1) is 11.3 Å². The first-order valence-electron chi connectivity index (χ1n) is 23.3. The molecule has 2 aliphatic rings. The maximum atomic E-state index is 5.51. The van der Waals surface area contributed by atoms with E-state index in [2.05, 4.69) is 243 Å². The lowest BCUT2D eigenvalue weighted by Crippen LogP contribution is -2.25. The molecule has 0 atom stereocenters. The van der Waals surface area contributed by atoms with Crippen LogP contribution in [0.15, 0.2) is 243 Å². The Morgan fingerprint density at radius 2 is 0.779 bits per heavy atom. The first kappa shape index (κ1) is 38.7. The third kappa shape index (κ3) is 5.83. The minimum absolute atomic E-state index is 0.458. The van der Waals surface area contributed by atoms with E-state index in [1.807, 2.05) is 11.3 Å². The Bertz CT molecular complexity index is 3910. The van der Waals surface area contributed by atoms with Crippen molar-refractivity contribution in [3.63, 3.8) is 0 Å². The van der Waals surface area contributed by atoms with Crippen LogP contribution in [0, 0.1) is 0 Å². The molecule has 316 valence electrons. The zero-order valence-corrected chi connectivity index (χ0v) is 37.7. The Balaban J connectivity index is 1.01. The van der Waals surface area contributed by atoms with Gasteiger partial charge in [-0.3, -0.25) is 0 Å². The lowest BCUT2D eigenvalue weighted by Gasteiger charge is -2.30. The molecular weight excluding hydrogens is 841 g/mol. The van der Waals surface area contributed by atoms with Crippen molar-refractivity contribution in [2.45, 2.75) is 5.41 Å².